The fourth-order valence-corrected chi connectivity index (χ4v) is 1.69. The lowest BCUT2D eigenvalue weighted by molar-refractivity contribution is -0.116. The lowest BCUT2D eigenvalue weighted by atomic mass is 10.2. The summed E-state index contributed by atoms with van der Waals surface area (Å²) in [6, 6.07) is 8.63. The number of hydrogen-bond acceptors (Lipinski definition) is 3. The van der Waals surface area contributed by atoms with Gasteiger partial charge in [0, 0.05) is 5.02 Å². The lowest BCUT2D eigenvalue weighted by Crippen LogP contribution is -2.28. The van der Waals surface area contributed by atoms with Gasteiger partial charge in [0.25, 0.3) is 0 Å². The maximum atomic E-state index is 11.7. The quantitative estimate of drug-likeness (QED) is 0.804. The first-order valence-electron chi connectivity index (χ1n) is 4.60. The minimum Gasteiger partial charge on any atom is -0.384 e. The molecule has 0 bridgehead atoms. The molecule has 16 heavy (non-hydrogen) atoms. The third-order valence-corrected chi connectivity index (χ3v) is 2.60. The van der Waals surface area contributed by atoms with E-state index >= 15 is 0 Å². The predicted molar refractivity (Wildman–Crippen MR) is 60.4 cm³/mol. The summed E-state index contributed by atoms with van der Waals surface area (Å²) < 4.78 is 0. The molecule has 1 aliphatic rings. The number of anilines is 1. The molecular weight excluding hydrogens is 226 g/mol. The summed E-state index contributed by atoms with van der Waals surface area (Å²) in [6.45, 7) is 0. The van der Waals surface area contributed by atoms with Crippen LogP contribution in [0.25, 0.3) is 0 Å². The number of nitriles is 1. The molecule has 0 saturated heterocycles. The van der Waals surface area contributed by atoms with E-state index in [1.165, 1.54) is 4.90 Å². The summed E-state index contributed by atoms with van der Waals surface area (Å²) in [6.07, 6.45) is 0.0605. The molecule has 0 radical (unpaired) electrons. The van der Waals surface area contributed by atoms with Crippen LogP contribution < -0.4 is 10.6 Å². The van der Waals surface area contributed by atoms with Crippen LogP contribution >= 0.6 is 11.6 Å². The molecule has 0 aromatic heterocycles. The second-order valence-corrected chi connectivity index (χ2v) is 3.79. The van der Waals surface area contributed by atoms with Crippen LogP contribution in [-0.4, -0.2) is 5.91 Å². The van der Waals surface area contributed by atoms with Gasteiger partial charge in [0.2, 0.25) is 5.91 Å². The second-order valence-electron chi connectivity index (χ2n) is 3.36. The van der Waals surface area contributed by atoms with Gasteiger partial charge < -0.3 is 5.73 Å². The monoisotopic (exact) mass is 233 g/mol. The number of halogens is 1. The van der Waals surface area contributed by atoms with Crippen molar-refractivity contribution in [1.82, 2.24) is 0 Å². The number of rotatable bonds is 1. The minimum absolute atomic E-state index is 0.0605. The van der Waals surface area contributed by atoms with E-state index < -0.39 is 0 Å². The molecule has 0 saturated carbocycles. The number of carbonyl (C=O) groups excluding carboxylic acids is 1. The molecule has 4 nitrogen and oxygen atoms in total. The average molecular weight is 234 g/mol. The zero-order valence-electron chi connectivity index (χ0n) is 8.27. The zero-order chi connectivity index (χ0) is 11.7. The first kappa shape index (κ1) is 10.5. The maximum Gasteiger partial charge on any atom is 0.237 e. The average Bonchev–Trinajstić information content (AvgIpc) is 2.56. The molecule has 2 N–H and O–H groups in total. The number of carbonyl (C=O) groups is 1. The molecule has 1 aromatic rings. The van der Waals surface area contributed by atoms with Gasteiger partial charge in [0.15, 0.2) is 0 Å². The highest BCUT2D eigenvalue weighted by Crippen LogP contribution is 2.27. The first-order chi connectivity index (χ1) is 7.63. The molecule has 0 fully saturated rings. The number of nitrogens with two attached hydrogens (primary N) is 1. The van der Waals surface area contributed by atoms with E-state index in [0.29, 0.717) is 16.3 Å². The topological polar surface area (TPSA) is 70.1 Å². The van der Waals surface area contributed by atoms with Crippen LogP contribution in [-0.2, 0) is 4.79 Å². The van der Waals surface area contributed by atoms with Crippen LogP contribution in [0.4, 0.5) is 5.69 Å². The van der Waals surface area contributed by atoms with Crippen molar-refractivity contribution in [1.29, 1.82) is 5.26 Å². The van der Waals surface area contributed by atoms with Crippen molar-refractivity contribution in [3.63, 3.8) is 0 Å². The van der Waals surface area contributed by atoms with Crippen LogP contribution in [0, 0.1) is 11.3 Å². The Hall–Kier alpha value is -1.99. The minimum atomic E-state index is -0.198. The third-order valence-electron chi connectivity index (χ3n) is 2.35. The van der Waals surface area contributed by atoms with Gasteiger partial charge in [-0.25, -0.2) is 0 Å². The molecule has 2 rings (SSSR count). The standard InChI is InChI=1S/C11H8ClN3O/c12-8-1-3-9(4-2-8)15-10(16)5-7(6-13)11(15)14/h1-4H,5,14H2. The summed E-state index contributed by atoms with van der Waals surface area (Å²) in [5.74, 6) is 0.00574. The van der Waals surface area contributed by atoms with Crippen molar-refractivity contribution >= 4 is 23.2 Å². The number of amides is 1. The SMILES string of the molecule is N#CC1=C(N)N(c2ccc(Cl)cc2)C(=O)C1. The molecule has 0 spiro atoms. The van der Waals surface area contributed by atoms with Crippen LogP contribution in [0.15, 0.2) is 35.7 Å². The Balaban J connectivity index is 2.42. The van der Waals surface area contributed by atoms with Crippen LogP contribution in [0.2, 0.25) is 5.02 Å². The highest BCUT2D eigenvalue weighted by Gasteiger charge is 2.29. The van der Waals surface area contributed by atoms with E-state index in [0.717, 1.165) is 0 Å². The summed E-state index contributed by atoms with van der Waals surface area (Å²) in [5, 5.41) is 9.36. The first-order valence-corrected chi connectivity index (χ1v) is 4.98. The van der Waals surface area contributed by atoms with Crippen molar-refractivity contribution < 1.29 is 4.79 Å². The van der Waals surface area contributed by atoms with Gasteiger partial charge in [-0.2, -0.15) is 5.26 Å². The van der Waals surface area contributed by atoms with Gasteiger partial charge in [-0.15, -0.1) is 0 Å². The van der Waals surface area contributed by atoms with Crippen molar-refractivity contribution in [2.75, 3.05) is 4.90 Å². The number of hydrogen-bond donors (Lipinski definition) is 1. The van der Waals surface area contributed by atoms with Gasteiger partial charge in [-0.05, 0) is 24.3 Å². The molecule has 0 atom stereocenters. The largest absolute Gasteiger partial charge is 0.384 e. The zero-order valence-corrected chi connectivity index (χ0v) is 9.03. The number of nitrogens with zero attached hydrogens (tertiary/aromatic N) is 2. The maximum absolute atomic E-state index is 11.7. The van der Waals surface area contributed by atoms with Gasteiger partial charge in [0.05, 0.1) is 23.8 Å². The normalized spacial score (nSPS) is 15.5. The molecule has 1 amide bonds. The van der Waals surface area contributed by atoms with Gasteiger partial charge >= 0.3 is 0 Å². The van der Waals surface area contributed by atoms with E-state index in [1.807, 2.05) is 6.07 Å². The van der Waals surface area contributed by atoms with E-state index in [-0.39, 0.29) is 18.1 Å². The lowest BCUT2D eigenvalue weighted by Gasteiger charge is -2.17. The van der Waals surface area contributed by atoms with Crippen molar-refractivity contribution in [3.8, 4) is 6.07 Å². The van der Waals surface area contributed by atoms with E-state index in [9.17, 15) is 4.79 Å². The molecule has 0 aliphatic carbocycles. The molecule has 1 aliphatic heterocycles. The van der Waals surface area contributed by atoms with Gasteiger partial charge in [0.1, 0.15) is 5.82 Å². The Kier molecular flexibility index (Phi) is 2.55. The fraction of sp³-hybridized carbons (Fsp3) is 0.0909. The third kappa shape index (κ3) is 1.62. The molecule has 1 heterocycles. The smallest absolute Gasteiger partial charge is 0.237 e. The highest BCUT2D eigenvalue weighted by molar-refractivity contribution is 6.30. The predicted octanol–water partition coefficient (Wildman–Crippen LogP) is 1.77. The van der Waals surface area contributed by atoms with Crippen molar-refractivity contribution in [2.24, 2.45) is 5.73 Å². The van der Waals surface area contributed by atoms with E-state index in [2.05, 4.69) is 0 Å². The Morgan fingerprint density at radius 1 is 1.38 bits per heavy atom. The summed E-state index contributed by atoms with van der Waals surface area (Å²) in [4.78, 5) is 13.0. The molecule has 80 valence electrons. The van der Waals surface area contributed by atoms with Gasteiger partial charge in [-0.1, -0.05) is 11.6 Å². The van der Waals surface area contributed by atoms with Crippen LogP contribution in [0.1, 0.15) is 6.42 Å². The fourth-order valence-electron chi connectivity index (χ4n) is 1.56. The van der Waals surface area contributed by atoms with Crippen molar-refractivity contribution in [2.45, 2.75) is 6.42 Å². The van der Waals surface area contributed by atoms with Crippen molar-refractivity contribution in [3.05, 3.63) is 40.7 Å². The summed E-state index contributed by atoms with van der Waals surface area (Å²) >= 11 is 5.75. The molecular formula is C11H8ClN3O. The molecule has 5 heteroatoms. The summed E-state index contributed by atoms with van der Waals surface area (Å²) in [5.41, 5.74) is 6.65. The second kappa shape index (κ2) is 3.87. The molecule has 0 unspecified atom stereocenters. The Bertz CT molecular complexity index is 513. The van der Waals surface area contributed by atoms with E-state index in [4.69, 9.17) is 22.6 Å². The molecule has 1 aromatic carbocycles. The van der Waals surface area contributed by atoms with E-state index in [1.54, 1.807) is 24.3 Å². The highest BCUT2D eigenvalue weighted by atomic mass is 35.5. The summed E-state index contributed by atoms with van der Waals surface area (Å²) in [7, 11) is 0. The van der Waals surface area contributed by atoms with Crippen LogP contribution in [0.3, 0.4) is 0 Å². The van der Waals surface area contributed by atoms with Gasteiger partial charge in [-0.3, -0.25) is 9.69 Å². The Labute approximate surface area is 97.5 Å². The Morgan fingerprint density at radius 2 is 2.00 bits per heavy atom. The Morgan fingerprint density at radius 3 is 2.50 bits per heavy atom. The number of benzene rings is 1. The van der Waals surface area contributed by atoms with Crippen LogP contribution in [0.5, 0.6) is 0 Å².